The number of aromatic amines is 1. The Hall–Kier alpha value is -3.13. The number of aryl methyl sites for hydroxylation is 1. The van der Waals surface area contributed by atoms with Crippen LogP contribution in [0.15, 0.2) is 35.4 Å². The lowest BCUT2D eigenvalue weighted by atomic mass is 10.0. The Labute approximate surface area is 153 Å². The summed E-state index contributed by atoms with van der Waals surface area (Å²) in [6.45, 7) is 1.92. The standard InChI is InChI=1S/C17H16ClN5O3/c1-9-3-14(26-8-15-21-22-17(25)23(15)2)12(5-13(9)18)10-4-11(16(19)24)7-20-6-10/h3-7H,8H2,1-2H3,(H2,19,24)(H,22,25). The van der Waals surface area contributed by atoms with Crippen molar-refractivity contribution in [2.24, 2.45) is 12.8 Å². The molecule has 0 spiro atoms. The fourth-order valence-electron chi connectivity index (χ4n) is 2.37. The molecule has 0 saturated heterocycles. The summed E-state index contributed by atoms with van der Waals surface area (Å²) in [6.07, 6.45) is 2.98. The molecule has 0 radical (unpaired) electrons. The van der Waals surface area contributed by atoms with Crippen LogP contribution in [0.4, 0.5) is 0 Å². The second kappa shape index (κ2) is 7.01. The normalized spacial score (nSPS) is 10.7. The number of aromatic nitrogens is 4. The molecule has 0 aliphatic heterocycles. The Balaban J connectivity index is 2.01. The average Bonchev–Trinajstić information content (AvgIpc) is 2.94. The Kier molecular flexibility index (Phi) is 4.77. The van der Waals surface area contributed by atoms with Crippen LogP contribution in [0.5, 0.6) is 5.75 Å². The van der Waals surface area contributed by atoms with Crippen LogP contribution in [-0.2, 0) is 13.7 Å². The van der Waals surface area contributed by atoms with Gasteiger partial charge in [-0.25, -0.2) is 9.89 Å². The Morgan fingerprint density at radius 2 is 2.12 bits per heavy atom. The molecule has 1 aromatic carbocycles. The Morgan fingerprint density at radius 1 is 1.35 bits per heavy atom. The third-order valence-electron chi connectivity index (χ3n) is 3.92. The quantitative estimate of drug-likeness (QED) is 0.707. The molecule has 3 N–H and O–H groups in total. The average molecular weight is 374 g/mol. The zero-order valence-corrected chi connectivity index (χ0v) is 14.9. The molecule has 0 atom stereocenters. The van der Waals surface area contributed by atoms with Crippen LogP contribution in [0.2, 0.25) is 5.02 Å². The van der Waals surface area contributed by atoms with Crippen molar-refractivity contribution in [3.63, 3.8) is 0 Å². The first-order valence-corrected chi connectivity index (χ1v) is 8.03. The van der Waals surface area contributed by atoms with Crippen molar-refractivity contribution < 1.29 is 9.53 Å². The van der Waals surface area contributed by atoms with Gasteiger partial charge in [-0.1, -0.05) is 11.6 Å². The van der Waals surface area contributed by atoms with E-state index in [4.69, 9.17) is 22.1 Å². The third kappa shape index (κ3) is 3.45. The van der Waals surface area contributed by atoms with Gasteiger partial charge in [-0.3, -0.25) is 14.3 Å². The lowest BCUT2D eigenvalue weighted by Gasteiger charge is -2.14. The van der Waals surface area contributed by atoms with Gasteiger partial charge in [0.15, 0.2) is 5.82 Å². The number of amides is 1. The summed E-state index contributed by atoms with van der Waals surface area (Å²) in [6, 6.07) is 5.13. The highest BCUT2D eigenvalue weighted by molar-refractivity contribution is 6.31. The van der Waals surface area contributed by atoms with Gasteiger partial charge in [-0.05, 0) is 30.7 Å². The molecular weight excluding hydrogens is 358 g/mol. The SMILES string of the molecule is Cc1cc(OCc2n[nH]c(=O)n2C)c(-c2cncc(C(N)=O)c2)cc1Cl. The minimum Gasteiger partial charge on any atom is -0.485 e. The molecule has 8 nitrogen and oxygen atoms in total. The molecule has 2 heterocycles. The molecule has 0 unspecified atom stereocenters. The van der Waals surface area contributed by atoms with E-state index in [2.05, 4.69) is 15.2 Å². The van der Waals surface area contributed by atoms with E-state index in [1.165, 1.54) is 10.8 Å². The lowest BCUT2D eigenvalue weighted by Crippen LogP contribution is -2.15. The molecule has 3 aromatic rings. The van der Waals surface area contributed by atoms with Crippen LogP contribution in [0.3, 0.4) is 0 Å². The zero-order valence-electron chi connectivity index (χ0n) is 14.1. The second-order valence-corrected chi connectivity index (χ2v) is 6.12. The summed E-state index contributed by atoms with van der Waals surface area (Å²) >= 11 is 6.25. The fraction of sp³-hybridized carbons (Fsp3) is 0.176. The van der Waals surface area contributed by atoms with Crippen molar-refractivity contribution in [3.05, 3.63) is 63.1 Å². The highest BCUT2D eigenvalue weighted by Gasteiger charge is 2.14. The van der Waals surface area contributed by atoms with E-state index < -0.39 is 5.91 Å². The fourth-order valence-corrected chi connectivity index (χ4v) is 2.54. The van der Waals surface area contributed by atoms with E-state index in [9.17, 15) is 9.59 Å². The molecule has 134 valence electrons. The number of halogens is 1. The highest BCUT2D eigenvalue weighted by Crippen LogP contribution is 2.35. The molecule has 0 aliphatic rings. The molecule has 3 rings (SSSR count). The van der Waals surface area contributed by atoms with Gasteiger partial charge in [0, 0.05) is 35.6 Å². The van der Waals surface area contributed by atoms with E-state index in [-0.39, 0.29) is 17.9 Å². The predicted molar refractivity (Wildman–Crippen MR) is 96.1 cm³/mol. The maximum absolute atomic E-state index is 11.5. The molecule has 0 fully saturated rings. The van der Waals surface area contributed by atoms with Crippen molar-refractivity contribution in [1.82, 2.24) is 19.7 Å². The maximum atomic E-state index is 11.5. The molecule has 9 heteroatoms. The topological polar surface area (TPSA) is 116 Å². The van der Waals surface area contributed by atoms with Gasteiger partial charge >= 0.3 is 5.69 Å². The van der Waals surface area contributed by atoms with Crippen molar-refractivity contribution in [2.75, 3.05) is 0 Å². The Bertz CT molecular complexity index is 1040. The van der Waals surface area contributed by atoms with E-state index >= 15 is 0 Å². The van der Waals surface area contributed by atoms with Gasteiger partial charge in [0.05, 0.1) is 5.56 Å². The number of hydrogen-bond donors (Lipinski definition) is 2. The molecule has 0 bridgehead atoms. The minimum absolute atomic E-state index is 0.0756. The molecule has 2 aromatic heterocycles. The van der Waals surface area contributed by atoms with Crippen LogP contribution >= 0.6 is 11.6 Å². The van der Waals surface area contributed by atoms with Gasteiger partial charge in [0.1, 0.15) is 12.4 Å². The van der Waals surface area contributed by atoms with Crippen LogP contribution in [0, 0.1) is 6.92 Å². The number of carbonyl (C=O) groups is 1. The van der Waals surface area contributed by atoms with Crippen LogP contribution < -0.4 is 16.2 Å². The smallest absolute Gasteiger partial charge is 0.343 e. The number of carbonyl (C=O) groups excluding carboxylic acids is 1. The van der Waals surface area contributed by atoms with Crippen LogP contribution in [0.1, 0.15) is 21.7 Å². The largest absolute Gasteiger partial charge is 0.485 e. The number of nitrogens with one attached hydrogen (secondary N) is 1. The van der Waals surface area contributed by atoms with Crippen molar-refractivity contribution >= 4 is 17.5 Å². The van der Waals surface area contributed by atoms with Crippen LogP contribution in [-0.4, -0.2) is 25.7 Å². The number of rotatable bonds is 5. The molecule has 26 heavy (non-hydrogen) atoms. The highest BCUT2D eigenvalue weighted by atomic mass is 35.5. The van der Waals surface area contributed by atoms with Crippen molar-refractivity contribution in [1.29, 1.82) is 0 Å². The van der Waals surface area contributed by atoms with Crippen molar-refractivity contribution in [2.45, 2.75) is 13.5 Å². The number of H-pyrrole nitrogens is 1. The molecule has 0 aliphatic carbocycles. The molecular formula is C17H16ClN5O3. The predicted octanol–water partition coefficient (Wildman–Crippen LogP) is 1.81. The number of hydrogen-bond acceptors (Lipinski definition) is 5. The number of ether oxygens (including phenoxy) is 1. The van der Waals surface area contributed by atoms with E-state index in [0.717, 1.165) is 5.56 Å². The minimum atomic E-state index is -0.577. The summed E-state index contributed by atoms with van der Waals surface area (Å²) in [5.74, 6) is 0.384. The number of pyridine rings is 1. The van der Waals surface area contributed by atoms with Crippen molar-refractivity contribution in [3.8, 4) is 16.9 Å². The van der Waals surface area contributed by atoms with Gasteiger partial charge in [-0.15, -0.1) is 0 Å². The maximum Gasteiger partial charge on any atom is 0.343 e. The zero-order chi connectivity index (χ0) is 18.8. The summed E-state index contributed by atoms with van der Waals surface area (Å²) < 4.78 is 7.22. The van der Waals surface area contributed by atoms with Gasteiger partial charge in [0.2, 0.25) is 5.91 Å². The summed E-state index contributed by atoms with van der Waals surface area (Å²) in [4.78, 5) is 26.9. The summed E-state index contributed by atoms with van der Waals surface area (Å²) in [7, 11) is 1.60. The third-order valence-corrected chi connectivity index (χ3v) is 4.33. The number of nitrogens with zero attached hydrogens (tertiary/aromatic N) is 3. The number of primary amides is 1. The monoisotopic (exact) mass is 373 g/mol. The second-order valence-electron chi connectivity index (χ2n) is 5.72. The lowest BCUT2D eigenvalue weighted by molar-refractivity contribution is 0.1000. The van der Waals surface area contributed by atoms with Gasteiger partial charge < -0.3 is 10.5 Å². The number of benzene rings is 1. The summed E-state index contributed by atoms with van der Waals surface area (Å²) in [5.41, 5.74) is 7.38. The summed E-state index contributed by atoms with van der Waals surface area (Å²) in [5, 5.41) is 6.81. The Morgan fingerprint density at radius 3 is 2.77 bits per heavy atom. The van der Waals surface area contributed by atoms with E-state index in [0.29, 0.717) is 27.7 Å². The first kappa shape index (κ1) is 17.7. The van der Waals surface area contributed by atoms with Gasteiger partial charge in [0.25, 0.3) is 0 Å². The molecule has 1 amide bonds. The molecule has 0 saturated carbocycles. The first-order chi connectivity index (χ1) is 12.4. The van der Waals surface area contributed by atoms with Crippen LogP contribution in [0.25, 0.3) is 11.1 Å². The number of nitrogens with two attached hydrogens (primary N) is 1. The first-order valence-electron chi connectivity index (χ1n) is 7.65. The van der Waals surface area contributed by atoms with E-state index in [1.54, 1.807) is 31.4 Å². The van der Waals surface area contributed by atoms with Gasteiger partial charge in [-0.2, -0.15) is 5.10 Å². The van der Waals surface area contributed by atoms with E-state index in [1.807, 2.05) is 6.92 Å².